The molecule has 10 nitrogen and oxygen atoms in total. The van der Waals surface area contributed by atoms with Crippen molar-refractivity contribution in [3.63, 3.8) is 0 Å². The van der Waals surface area contributed by atoms with Crippen LogP contribution in [0.15, 0.2) is 65.8 Å². The zero-order chi connectivity index (χ0) is 23.6. The number of rotatable bonds is 7. The minimum absolute atomic E-state index is 0.0278. The number of ether oxygens (including phenoxy) is 1. The Balaban J connectivity index is 1.87. The molecule has 11 heteroatoms. The smallest absolute Gasteiger partial charge is 0.337 e. The molecule has 0 aliphatic heterocycles. The van der Waals surface area contributed by atoms with Gasteiger partial charge in [-0.2, -0.15) is 0 Å². The molecular formula is C22H19N5O5S. The lowest BCUT2D eigenvalue weighted by Gasteiger charge is -2.17. The van der Waals surface area contributed by atoms with Gasteiger partial charge in [0.15, 0.2) is 11.6 Å². The van der Waals surface area contributed by atoms with Crippen LogP contribution in [-0.4, -0.2) is 41.6 Å². The van der Waals surface area contributed by atoms with E-state index in [2.05, 4.69) is 25.0 Å². The standard InChI is InChI=1S/C22H19N5O5S/c1-13-18(32-2)10-9-15(22(28)29)19(13)26-20-21(25-17-8-4-3-7-16(17)24-20)27-33(30,31)14-6-5-11-23-12-14/h3-12H,1-2H3,(H,24,26)(H,25,27)(H,28,29). The second-order valence-electron chi connectivity index (χ2n) is 6.95. The molecule has 0 aliphatic rings. The van der Waals surface area contributed by atoms with Crippen molar-refractivity contribution in [3.05, 3.63) is 72.1 Å². The number of benzene rings is 2. The molecule has 2 aromatic carbocycles. The average molecular weight is 465 g/mol. The lowest BCUT2D eigenvalue weighted by atomic mass is 10.1. The number of pyridine rings is 1. The van der Waals surface area contributed by atoms with Gasteiger partial charge in [-0.05, 0) is 43.3 Å². The molecule has 0 atom stereocenters. The van der Waals surface area contributed by atoms with Gasteiger partial charge in [0, 0.05) is 18.0 Å². The number of carbonyl (C=O) groups is 1. The van der Waals surface area contributed by atoms with Gasteiger partial charge in [0.25, 0.3) is 10.0 Å². The van der Waals surface area contributed by atoms with Crippen molar-refractivity contribution in [2.24, 2.45) is 0 Å². The van der Waals surface area contributed by atoms with Gasteiger partial charge in [0.05, 0.1) is 29.4 Å². The number of sulfonamides is 1. The average Bonchev–Trinajstić information content (AvgIpc) is 2.80. The second-order valence-corrected chi connectivity index (χ2v) is 8.63. The van der Waals surface area contributed by atoms with Crippen LogP contribution < -0.4 is 14.8 Å². The molecule has 0 unspecified atom stereocenters. The van der Waals surface area contributed by atoms with Crippen molar-refractivity contribution in [2.45, 2.75) is 11.8 Å². The summed E-state index contributed by atoms with van der Waals surface area (Å²) in [6.07, 6.45) is 2.67. The topological polar surface area (TPSA) is 143 Å². The van der Waals surface area contributed by atoms with E-state index in [1.54, 1.807) is 37.3 Å². The Kier molecular flexibility index (Phi) is 5.80. The monoisotopic (exact) mass is 465 g/mol. The molecular weight excluding hydrogens is 446 g/mol. The normalized spacial score (nSPS) is 11.2. The van der Waals surface area contributed by atoms with Gasteiger partial charge in [0.2, 0.25) is 0 Å². The Morgan fingerprint density at radius 3 is 2.30 bits per heavy atom. The Morgan fingerprint density at radius 1 is 1.00 bits per heavy atom. The van der Waals surface area contributed by atoms with Gasteiger partial charge in [-0.15, -0.1) is 0 Å². The molecule has 2 heterocycles. The zero-order valence-corrected chi connectivity index (χ0v) is 18.4. The van der Waals surface area contributed by atoms with Crippen molar-refractivity contribution in [1.29, 1.82) is 0 Å². The molecule has 0 amide bonds. The summed E-state index contributed by atoms with van der Waals surface area (Å²) < 4.78 is 33.6. The van der Waals surface area contributed by atoms with E-state index in [1.165, 1.54) is 37.7 Å². The summed E-state index contributed by atoms with van der Waals surface area (Å²) in [6, 6.07) is 12.7. The first-order valence-electron chi connectivity index (χ1n) is 9.67. The fourth-order valence-electron chi connectivity index (χ4n) is 3.22. The zero-order valence-electron chi connectivity index (χ0n) is 17.6. The third-order valence-corrected chi connectivity index (χ3v) is 6.18. The molecule has 168 valence electrons. The Hall–Kier alpha value is -4.25. The maximum Gasteiger partial charge on any atom is 0.337 e. The highest BCUT2D eigenvalue weighted by molar-refractivity contribution is 7.92. The van der Waals surface area contributed by atoms with Crippen LogP contribution in [0.2, 0.25) is 0 Å². The fourth-order valence-corrected chi connectivity index (χ4v) is 4.19. The van der Waals surface area contributed by atoms with E-state index >= 15 is 0 Å². The summed E-state index contributed by atoms with van der Waals surface area (Å²) in [6.45, 7) is 1.68. The summed E-state index contributed by atoms with van der Waals surface area (Å²) in [5, 5.41) is 12.6. The predicted octanol–water partition coefficient (Wildman–Crippen LogP) is 3.58. The Labute approximate surface area is 189 Å². The molecule has 0 radical (unpaired) electrons. The molecule has 0 spiro atoms. The lowest BCUT2D eigenvalue weighted by Crippen LogP contribution is -2.16. The Bertz CT molecular complexity index is 1460. The number of carboxylic acids is 1. The number of fused-ring (bicyclic) bond motifs is 1. The van der Waals surface area contributed by atoms with Crippen molar-refractivity contribution < 1.29 is 23.1 Å². The first-order valence-corrected chi connectivity index (χ1v) is 11.2. The van der Waals surface area contributed by atoms with Crippen LogP contribution >= 0.6 is 0 Å². The highest BCUT2D eigenvalue weighted by atomic mass is 32.2. The third-order valence-electron chi connectivity index (χ3n) is 4.86. The second kappa shape index (κ2) is 8.71. The number of para-hydroxylation sites is 2. The van der Waals surface area contributed by atoms with Crippen molar-refractivity contribution in [3.8, 4) is 5.75 Å². The van der Waals surface area contributed by atoms with Crippen LogP contribution in [0.4, 0.5) is 17.3 Å². The highest BCUT2D eigenvalue weighted by Gasteiger charge is 2.22. The SMILES string of the molecule is COc1ccc(C(=O)O)c(Nc2nc3ccccc3nc2NS(=O)(=O)c2cccnc2)c1C. The van der Waals surface area contributed by atoms with E-state index in [1.807, 2.05) is 0 Å². The summed E-state index contributed by atoms with van der Waals surface area (Å²) in [5.41, 5.74) is 1.61. The number of anilines is 3. The van der Waals surface area contributed by atoms with E-state index in [0.717, 1.165) is 0 Å². The maximum atomic E-state index is 12.9. The van der Waals surface area contributed by atoms with Crippen LogP contribution in [0.25, 0.3) is 11.0 Å². The molecule has 33 heavy (non-hydrogen) atoms. The summed E-state index contributed by atoms with van der Waals surface area (Å²) in [5.74, 6) is -0.792. The number of aromatic nitrogens is 3. The van der Waals surface area contributed by atoms with Crippen LogP contribution in [-0.2, 0) is 10.0 Å². The number of nitrogens with zero attached hydrogens (tertiary/aromatic N) is 3. The largest absolute Gasteiger partial charge is 0.496 e. The molecule has 4 rings (SSSR count). The van der Waals surface area contributed by atoms with Gasteiger partial charge in [-0.25, -0.2) is 23.2 Å². The van der Waals surface area contributed by atoms with E-state index in [-0.39, 0.29) is 27.8 Å². The van der Waals surface area contributed by atoms with Crippen molar-refractivity contribution in [1.82, 2.24) is 15.0 Å². The van der Waals surface area contributed by atoms with E-state index in [4.69, 9.17) is 4.74 Å². The number of carboxylic acid groups (broad SMARTS) is 1. The fraction of sp³-hybridized carbons (Fsp3) is 0.0909. The molecule has 3 N–H and O–H groups in total. The number of hydrogen-bond acceptors (Lipinski definition) is 8. The summed E-state index contributed by atoms with van der Waals surface area (Å²) in [4.78, 5) is 24.5. The van der Waals surface area contributed by atoms with E-state index in [9.17, 15) is 18.3 Å². The molecule has 2 aromatic heterocycles. The molecule has 0 bridgehead atoms. The highest BCUT2D eigenvalue weighted by Crippen LogP contribution is 2.34. The van der Waals surface area contributed by atoms with Crippen LogP contribution in [0, 0.1) is 6.92 Å². The number of methoxy groups -OCH3 is 1. The van der Waals surface area contributed by atoms with Gasteiger partial charge in [-0.1, -0.05) is 12.1 Å². The molecule has 4 aromatic rings. The van der Waals surface area contributed by atoms with Crippen LogP contribution in [0.3, 0.4) is 0 Å². The van der Waals surface area contributed by atoms with Crippen molar-refractivity contribution >= 4 is 44.3 Å². The van der Waals surface area contributed by atoms with E-state index in [0.29, 0.717) is 22.3 Å². The summed E-state index contributed by atoms with van der Waals surface area (Å²) in [7, 11) is -2.57. The minimum atomic E-state index is -4.04. The van der Waals surface area contributed by atoms with Gasteiger partial charge in [-0.3, -0.25) is 9.71 Å². The number of nitrogens with one attached hydrogen (secondary N) is 2. The van der Waals surface area contributed by atoms with Gasteiger partial charge < -0.3 is 15.2 Å². The van der Waals surface area contributed by atoms with Gasteiger partial charge >= 0.3 is 5.97 Å². The lowest BCUT2D eigenvalue weighted by molar-refractivity contribution is 0.0698. The minimum Gasteiger partial charge on any atom is -0.496 e. The maximum absolute atomic E-state index is 12.9. The predicted molar refractivity (Wildman–Crippen MR) is 123 cm³/mol. The van der Waals surface area contributed by atoms with Crippen molar-refractivity contribution in [2.75, 3.05) is 17.1 Å². The van der Waals surface area contributed by atoms with Crippen LogP contribution in [0.5, 0.6) is 5.75 Å². The molecule has 0 saturated carbocycles. The third kappa shape index (κ3) is 4.39. The molecule has 0 saturated heterocycles. The van der Waals surface area contributed by atoms with E-state index < -0.39 is 16.0 Å². The molecule has 0 fully saturated rings. The molecule has 0 aliphatic carbocycles. The van der Waals surface area contributed by atoms with Crippen LogP contribution in [0.1, 0.15) is 15.9 Å². The summed E-state index contributed by atoms with van der Waals surface area (Å²) >= 11 is 0. The quantitative estimate of drug-likeness (QED) is 0.373. The first-order chi connectivity index (χ1) is 15.8. The Morgan fingerprint density at radius 2 is 1.70 bits per heavy atom. The number of aromatic carboxylic acids is 1. The number of hydrogen-bond donors (Lipinski definition) is 3. The first kappa shape index (κ1) is 22.0. The van der Waals surface area contributed by atoms with Gasteiger partial charge in [0.1, 0.15) is 10.6 Å².